The first-order valence-corrected chi connectivity index (χ1v) is 9.92. The van der Waals surface area contributed by atoms with Gasteiger partial charge >= 0.3 is 0 Å². The van der Waals surface area contributed by atoms with Gasteiger partial charge < -0.3 is 24.6 Å². The van der Waals surface area contributed by atoms with Crippen molar-refractivity contribution in [3.63, 3.8) is 0 Å². The van der Waals surface area contributed by atoms with E-state index in [0.717, 1.165) is 57.1 Å². The Hall–Kier alpha value is -1.39. The summed E-state index contributed by atoms with van der Waals surface area (Å²) in [7, 11) is 7.05. The van der Waals surface area contributed by atoms with Crippen molar-refractivity contribution in [2.24, 2.45) is 4.99 Å². The molecule has 1 aliphatic rings. The number of ether oxygens (including phenoxy) is 2. The first kappa shape index (κ1) is 25.6. The van der Waals surface area contributed by atoms with Crippen molar-refractivity contribution in [3.05, 3.63) is 35.4 Å². The van der Waals surface area contributed by atoms with Crippen LogP contribution in [0.4, 0.5) is 0 Å². The lowest BCUT2D eigenvalue weighted by atomic mass is 10.1. The van der Waals surface area contributed by atoms with Gasteiger partial charge in [-0.2, -0.15) is 0 Å². The number of hydrogen-bond donors (Lipinski definition) is 1. The zero-order valence-electron chi connectivity index (χ0n) is 18.0. The van der Waals surface area contributed by atoms with Crippen LogP contribution in [0.25, 0.3) is 0 Å². The van der Waals surface area contributed by atoms with Crippen LogP contribution in [0.3, 0.4) is 0 Å². The number of likely N-dealkylation sites (tertiary alicyclic amines) is 1. The number of aliphatic imine (C=N–C) groups is 1. The molecule has 0 aliphatic carbocycles. The first-order chi connectivity index (χ1) is 13.5. The number of methoxy groups -OCH3 is 1. The molecule has 0 unspecified atom stereocenters. The minimum Gasteiger partial charge on any atom is -0.385 e. The molecule has 1 heterocycles. The van der Waals surface area contributed by atoms with Crippen LogP contribution in [0.1, 0.15) is 35.2 Å². The molecule has 1 aromatic carbocycles. The molecule has 1 saturated heterocycles. The summed E-state index contributed by atoms with van der Waals surface area (Å²) in [5.41, 5.74) is 1.82. The average molecular weight is 518 g/mol. The molecule has 0 radical (unpaired) electrons. The zero-order valence-corrected chi connectivity index (χ0v) is 20.3. The van der Waals surface area contributed by atoms with Crippen LogP contribution in [0.15, 0.2) is 29.3 Å². The number of benzene rings is 1. The van der Waals surface area contributed by atoms with Gasteiger partial charge in [0, 0.05) is 66.7 Å². The number of carbonyl (C=O) groups excluding carboxylic acids is 1. The average Bonchev–Trinajstić information content (AvgIpc) is 2.72. The molecular formula is C21H35IN4O3. The molecule has 0 saturated carbocycles. The second kappa shape index (κ2) is 13.8. The summed E-state index contributed by atoms with van der Waals surface area (Å²) in [5, 5.41) is 3.42. The van der Waals surface area contributed by atoms with Gasteiger partial charge in [0.15, 0.2) is 5.96 Å². The van der Waals surface area contributed by atoms with Gasteiger partial charge in [-0.05, 0) is 37.0 Å². The lowest BCUT2D eigenvalue weighted by Crippen LogP contribution is -2.46. The van der Waals surface area contributed by atoms with E-state index in [1.54, 1.807) is 26.1 Å². The monoisotopic (exact) mass is 518 g/mol. The third kappa shape index (κ3) is 8.47. The Morgan fingerprint density at radius 3 is 2.41 bits per heavy atom. The van der Waals surface area contributed by atoms with E-state index < -0.39 is 0 Å². The molecule has 1 aliphatic heterocycles. The molecule has 1 amide bonds. The number of piperidine rings is 1. The van der Waals surface area contributed by atoms with Crippen LogP contribution in [0, 0.1) is 0 Å². The number of nitrogens with one attached hydrogen (secondary N) is 1. The molecule has 0 bridgehead atoms. The SMILES string of the molecule is CN=C(NCc1ccc(C(=O)N(C)C)cc1)N1CCC(OCCCOC)CC1.I. The van der Waals surface area contributed by atoms with E-state index in [9.17, 15) is 4.79 Å². The maximum Gasteiger partial charge on any atom is 0.253 e. The Kier molecular flexibility index (Phi) is 12.2. The summed E-state index contributed by atoms with van der Waals surface area (Å²) in [6.07, 6.45) is 3.29. The number of carbonyl (C=O) groups is 1. The fourth-order valence-electron chi connectivity index (χ4n) is 3.22. The van der Waals surface area contributed by atoms with Crippen LogP contribution in [0.2, 0.25) is 0 Å². The highest BCUT2D eigenvalue weighted by molar-refractivity contribution is 14.0. The van der Waals surface area contributed by atoms with E-state index in [1.807, 2.05) is 31.3 Å². The van der Waals surface area contributed by atoms with Crippen molar-refractivity contribution >= 4 is 35.8 Å². The van der Waals surface area contributed by atoms with Crippen molar-refractivity contribution in [2.45, 2.75) is 31.9 Å². The van der Waals surface area contributed by atoms with Crippen LogP contribution < -0.4 is 5.32 Å². The summed E-state index contributed by atoms with van der Waals surface area (Å²) in [6.45, 7) is 4.06. The van der Waals surface area contributed by atoms with Gasteiger partial charge in [-0.1, -0.05) is 12.1 Å². The fourth-order valence-corrected chi connectivity index (χ4v) is 3.22. The van der Waals surface area contributed by atoms with Crippen molar-refractivity contribution < 1.29 is 14.3 Å². The van der Waals surface area contributed by atoms with Crippen LogP contribution in [-0.4, -0.2) is 82.3 Å². The third-order valence-corrected chi connectivity index (χ3v) is 4.86. The predicted molar refractivity (Wildman–Crippen MR) is 127 cm³/mol. The largest absolute Gasteiger partial charge is 0.385 e. The molecule has 7 nitrogen and oxygen atoms in total. The van der Waals surface area contributed by atoms with E-state index in [1.165, 1.54) is 0 Å². The minimum absolute atomic E-state index is 0. The maximum absolute atomic E-state index is 12.0. The first-order valence-electron chi connectivity index (χ1n) is 9.92. The molecule has 8 heteroatoms. The molecular weight excluding hydrogens is 483 g/mol. The molecule has 0 aromatic heterocycles. The van der Waals surface area contributed by atoms with Crippen molar-refractivity contribution in [2.75, 3.05) is 54.6 Å². The lowest BCUT2D eigenvalue weighted by Gasteiger charge is -2.34. The highest BCUT2D eigenvalue weighted by Crippen LogP contribution is 2.14. The van der Waals surface area contributed by atoms with Crippen LogP contribution >= 0.6 is 24.0 Å². The van der Waals surface area contributed by atoms with Crippen molar-refractivity contribution in [3.8, 4) is 0 Å². The van der Waals surface area contributed by atoms with E-state index >= 15 is 0 Å². The van der Waals surface area contributed by atoms with Crippen LogP contribution in [0.5, 0.6) is 0 Å². The highest BCUT2D eigenvalue weighted by atomic mass is 127. The van der Waals surface area contributed by atoms with E-state index in [-0.39, 0.29) is 29.9 Å². The summed E-state index contributed by atoms with van der Waals surface area (Å²) in [6, 6.07) is 7.71. The van der Waals surface area contributed by atoms with E-state index in [0.29, 0.717) is 18.2 Å². The van der Waals surface area contributed by atoms with Gasteiger partial charge in [0.05, 0.1) is 6.10 Å². The second-order valence-corrected chi connectivity index (χ2v) is 7.20. The van der Waals surface area contributed by atoms with E-state index in [2.05, 4.69) is 15.2 Å². The Morgan fingerprint density at radius 2 is 1.86 bits per heavy atom. The van der Waals surface area contributed by atoms with Gasteiger partial charge in [0.1, 0.15) is 0 Å². The van der Waals surface area contributed by atoms with Crippen molar-refractivity contribution in [1.29, 1.82) is 0 Å². The topological polar surface area (TPSA) is 66.4 Å². The number of hydrogen-bond acceptors (Lipinski definition) is 4. The molecule has 1 aromatic rings. The number of guanidine groups is 1. The van der Waals surface area contributed by atoms with Gasteiger partial charge in [0.25, 0.3) is 5.91 Å². The fraction of sp³-hybridized carbons (Fsp3) is 0.619. The smallest absolute Gasteiger partial charge is 0.253 e. The standard InChI is InChI=1S/C21H34N4O3.HI/c1-22-21(25-12-10-19(11-13-25)28-15-5-14-27-4)23-16-17-6-8-18(9-7-17)20(26)24(2)3;/h6-9,19H,5,10-16H2,1-4H3,(H,22,23);1H. The summed E-state index contributed by atoms with van der Waals surface area (Å²) >= 11 is 0. The Morgan fingerprint density at radius 1 is 1.21 bits per heavy atom. The van der Waals surface area contributed by atoms with Gasteiger partial charge in [-0.15, -0.1) is 24.0 Å². The summed E-state index contributed by atoms with van der Waals surface area (Å²) in [4.78, 5) is 20.2. The predicted octanol–water partition coefficient (Wildman–Crippen LogP) is 2.60. The van der Waals surface area contributed by atoms with Gasteiger partial charge in [-0.25, -0.2) is 0 Å². The maximum atomic E-state index is 12.0. The Bertz CT molecular complexity index is 629. The van der Waals surface area contributed by atoms with Gasteiger partial charge in [-0.3, -0.25) is 9.79 Å². The minimum atomic E-state index is 0. The normalized spacial score (nSPS) is 15.0. The molecule has 29 heavy (non-hydrogen) atoms. The zero-order chi connectivity index (χ0) is 20.4. The highest BCUT2D eigenvalue weighted by Gasteiger charge is 2.21. The third-order valence-electron chi connectivity index (χ3n) is 4.86. The number of halogens is 1. The molecule has 1 fully saturated rings. The van der Waals surface area contributed by atoms with Crippen molar-refractivity contribution in [1.82, 2.24) is 15.1 Å². The number of nitrogens with zero attached hydrogens (tertiary/aromatic N) is 3. The van der Waals surface area contributed by atoms with Gasteiger partial charge in [0.2, 0.25) is 0 Å². The Labute approximate surface area is 191 Å². The molecule has 0 atom stereocenters. The number of amides is 1. The number of rotatable bonds is 8. The van der Waals surface area contributed by atoms with E-state index in [4.69, 9.17) is 9.47 Å². The molecule has 164 valence electrons. The summed E-state index contributed by atoms with van der Waals surface area (Å²) in [5.74, 6) is 0.925. The quantitative estimate of drug-likeness (QED) is 0.248. The molecule has 0 spiro atoms. The Balaban J connectivity index is 0.00000420. The summed E-state index contributed by atoms with van der Waals surface area (Å²) < 4.78 is 11.0. The molecule has 2 rings (SSSR count). The molecule has 1 N–H and O–H groups in total. The lowest BCUT2D eigenvalue weighted by molar-refractivity contribution is 0.00989. The second-order valence-electron chi connectivity index (χ2n) is 7.20. The van der Waals surface area contributed by atoms with Crippen LogP contribution in [-0.2, 0) is 16.0 Å².